The lowest BCUT2D eigenvalue weighted by molar-refractivity contribution is 0.202. The lowest BCUT2D eigenvalue weighted by atomic mass is 9.98. The first-order valence-electron chi connectivity index (χ1n) is 7.28. The summed E-state index contributed by atoms with van der Waals surface area (Å²) in [4.78, 5) is 2.58. The molecule has 0 saturated carbocycles. The van der Waals surface area contributed by atoms with Crippen molar-refractivity contribution in [2.24, 2.45) is 5.92 Å². The molecule has 1 fully saturated rings. The fraction of sp³-hybridized carbons (Fsp3) is 0.625. The number of hydrogen-bond donors (Lipinski definition) is 1. The Balaban J connectivity index is 2.22. The molecule has 0 bridgehead atoms. The van der Waals surface area contributed by atoms with Gasteiger partial charge in [0.05, 0.1) is 6.61 Å². The van der Waals surface area contributed by atoms with E-state index in [0.29, 0.717) is 12.0 Å². The molecule has 0 aromatic heterocycles. The molecule has 1 aromatic rings. The first-order chi connectivity index (χ1) is 9.24. The molecule has 1 atom stereocenters. The van der Waals surface area contributed by atoms with Crippen LogP contribution in [0.15, 0.2) is 24.3 Å². The zero-order valence-corrected chi connectivity index (χ0v) is 12.4. The standard InChI is InChI=1S/C16H26N2O/c1-13(2)16-12-17-9-10-18(16)15-7-5-4-6-14(15)8-11-19-3/h4-7,13,16-17H,8-12H2,1-3H3. The normalized spacial score (nSPS) is 20.0. The average Bonchev–Trinajstić information content (AvgIpc) is 2.45. The van der Waals surface area contributed by atoms with Crippen LogP contribution in [0.4, 0.5) is 5.69 Å². The second-order valence-corrected chi connectivity index (χ2v) is 5.58. The Morgan fingerprint density at radius 3 is 2.89 bits per heavy atom. The summed E-state index contributed by atoms with van der Waals surface area (Å²) in [6, 6.07) is 9.34. The van der Waals surface area contributed by atoms with Crippen LogP contribution >= 0.6 is 0 Å². The number of methoxy groups -OCH3 is 1. The minimum absolute atomic E-state index is 0.581. The molecule has 19 heavy (non-hydrogen) atoms. The summed E-state index contributed by atoms with van der Waals surface area (Å²) in [5.41, 5.74) is 2.79. The Labute approximate surface area is 116 Å². The van der Waals surface area contributed by atoms with Crippen molar-refractivity contribution in [3.63, 3.8) is 0 Å². The topological polar surface area (TPSA) is 24.5 Å². The quantitative estimate of drug-likeness (QED) is 0.881. The molecule has 3 heteroatoms. The zero-order chi connectivity index (χ0) is 13.7. The van der Waals surface area contributed by atoms with Gasteiger partial charge in [0.1, 0.15) is 0 Å². The van der Waals surface area contributed by atoms with E-state index in [-0.39, 0.29) is 0 Å². The van der Waals surface area contributed by atoms with Crippen molar-refractivity contribution in [3.05, 3.63) is 29.8 Å². The number of piperazine rings is 1. The maximum Gasteiger partial charge on any atom is 0.0503 e. The summed E-state index contributed by atoms with van der Waals surface area (Å²) < 4.78 is 5.23. The first kappa shape index (κ1) is 14.4. The van der Waals surface area contributed by atoms with Crippen molar-refractivity contribution in [2.75, 3.05) is 38.3 Å². The Bertz CT molecular complexity index is 392. The van der Waals surface area contributed by atoms with Gasteiger partial charge < -0.3 is 15.0 Å². The predicted octanol–water partition coefficient (Wildman–Crippen LogP) is 2.31. The SMILES string of the molecule is COCCc1ccccc1N1CCNCC1C(C)C. The lowest BCUT2D eigenvalue weighted by Gasteiger charge is -2.41. The molecular weight excluding hydrogens is 236 g/mol. The molecule has 1 unspecified atom stereocenters. The van der Waals surface area contributed by atoms with E-state index >= 15 is 0 Å². The van der Waals surface area contributed by atoms with Gasteiger partial charge in [0.15, 0.2) is 0 Å². The Morgan fingerprint density at radius 1 is 1.37 bits per heavy atom. The fourth-order valence-electron chi connectivity index (χ4n) is 2.83. The van der Waals surface area contributed by atoms with Crippen LogP contribution in [0.3, 0.4) is 0 Å². The van der Waals surface area contributed by atoms with Crippen molar-refractivity contribution in [1.82, 2.24) is 5.32 Å². The van der Waals surface area contributed by atoms with Crippen molar-refractivity contribution < 1.29 is 4.74 Å². The Hall–Kier alpha value is -1.06. The van der Waals surface area contributed by atoms with Crippen LogP contribution in [0, 0.1) is 5.92 Å². The van der Waals surface area contributed by atoms with Gasteiger partial charge in [-0.25, -0.2) is 0 Å². The second-order valence-electron chi connectivity index (χ2n) is 5.58. The highest BCUT2D eigenvalue weighted by Gasteiger charge is 2.26. The summed E-state index contributed by atoms with van der Waals surface area (Å²) in [7, 11) is 1.77. The third kappa shape index (κ3) is 3.48. The highest BCUT2D eigenvalue weighted by atomic mass is 16.5. The lowest BCUT2D eigenvalue weighted by Crippen LogP contribution is -2.54. The second kappa shape index (κ2) is 6.92. The molecule has 1 saturated heterocycles. The van der Waals surface area contributed by atoms with E-state index in [2.05, 4.69) is 48.3 Å². The van der Waals surface area contributed by atoms with Crippen molar-refractivity contribution in [3.8, 4) is 0 Å². The van der Waals surface area contributed by atoms with Crippen LogP contribution in [0.1, 0.15) is 19.4 Å². The summed E-state index contributed by atoms with van der Waals surface area (Å²) in [5.74, 6) is 0.656. The number of nitrogens with one attached hydrogen (secondary N) is 1. The number of ether oxygens (including phenoxy) is 1. The maximum atomic E-state index is 5.23. The summed E-state index contributed by atoms with van der Waals surface area (Å²) in [6.07, 6.45) is 0.988. The van der Waals surface area contributed by atoms with E-state index in [1.807, 2.05) is 0 Å². The molecule has 0 spiro atoms. The van der Waals surface area contributed by atoms with Gasteiger partial charge in [0, 0.05) is 38.5 Å². The molecule has 1 heterocycles. The van der Waals surface area contributed by atoms with E-state index in [0.717, 1.165) is 32.7 Å². The average molecular weight is 262 g/mol. The summed E-state index contributed by atoms with van der Waals surface area (Å²) in [6.45, 7) is 8.64. The number of nitrogens with zero attached hydrogens (tertiary/aromatic N) is 1. The monoisotopic (exact) mass is 262 g/mol. The molecule has 1 aliphatic rings. The number of rotatable bonds is 5. The van der Waals surface area contributed by atoms with Gasteiger partial charge in [-0.1, -0.05) is 32.0 Å². The number of anilines is 1. The van der Waals surface area contributed by atoms with Crippen molar-refractivity contribution >= 4 is 5.69 Å². The van der Waals surface area contributed by atoms with E-state index in [1.165, 1.54) is 11.3 Å². The minimum atomic E-state index is 0.581. The first-order valence-corrected chi connectivity index (χ1v) is 7.28. The van der Waals surface area contributed by atoms with Crippen LogP contribution in [-0.2, 0) is 11.2 Å². The van der Waals surface area contributed by atoms with Gasteiger partial charge in [-0.15, -0.1) is 0 Å². The van der Waals surface area contributed by atoms with Crippen molar-refractivity contribution in [2.45, 2.75) is 26.3 Å². The van der Waals surface area contributed by atoms with Crippen molar-refractivity contribution in [1.29, 1.82) is 0 Å². The van der Waals surface area contributed by atoms with Gasteiger partial charge in [-0.3, -0.25) is 0 Å². The maximum absolute atomic E-state index is 5.23. The van der Waals surface area contributed by atoms with E-state index in [9.17, 15) is 0 Å². The van der Waals surface area contributed by atoms with E-state index < -0.39 is 0 Å². The summed E-state index contributed by atoms with van der Waals surface area (Å²) in [5, 5.41) is 3.51. The third-order valence-corrected chi connectivity index (χ3v) is 3.93. The molecule has 1 aliphatic heterocycles. The van der Waals surface area contributed by atoms with Gasteiger partial charge in [-0.05, 0) is 24.0 Å². The van der Waals surface area contributed by atoms with Gasteiger partial charge in [-0.2, -0.15) is 0 Å². The largest absolute Gasteiger partial charge is 0.384 e. The minimum Gasteiger partial charge on any atom is -0.384 e. The third-order valence-electron chi connectivity index (χ3n) is 3.93. The number of benzene rings is 1. The van der Waals surface area contributed by atoms with Crippen LogP contribution in [0.2, 0.25) is 0 Å². The van der Waals surface area contributed by atoms with E-state index in [1.54, 1.807) is 7.11 Å². The highest BCUT2D eigenvalue weighted by Crippen LogP contribution is 2.26. The molecule has 1 aromatic carbocycles. The number of para-hydroxylation sites is 1. The van der Waals surface area contributed by atoms with Gasteiger partial charge in [0.25, 0.3) is 0 Å². The number of hydrogen-bond acceptors (Lipinski definition) is 3. The molecule has 3 nitrogen and oxygen atoms in total. The Morgan fingerprint density at radius 2 is 2.16 bits per heavy atom. The smallest absolute Gasteiger partial charge is 0.0503 e. The Kier molecular flexibility index (Phi) is 5.23. The zero-order valence-electron chi connectivity index (χ0n) is 12.4. The fourth-order valence-corrected chi connectivity index (χ4v) is 2.83. The van der Waals surface area contributed by atoms with Crippen LogP contribution < -0.4 is 10.2 Å². The van der Waals surface area contributed by atoms with Gasteiger partial charge >= 0.3 is 0 Å². The molecule has 0 amide bonds. The predicted molar refractivity (Wildman–Crippen MR) is 80.9 cm³/mol. The van der Waals surface area contributed by atoms with Crippen LogP contribution in [0.25, 0.3) is 0 Å². The van der Waals surface area contributed by atoms with Gasteiger partial charge in [0.2, 0.25) is 0 Å². The van der Waals surface area contributed by atoms with Crippen LogP contribution in [-0.4, -0.2) is 39.4 Å². The van der Waals surface area contributed by atoms with Crippen LogP contribution in [0.5, 0.6) is 0 Å². The highest BCUT2D eigenvalue weighted by molar-refractivity contribution is 5.55. The summed E-state index contributed by atoms with van der Waals surface area (Å²) >= 11 is 0. The molecule has 106 valence electrons. The molecular formula is C16H26N2O. The molecule has 0 radical (unpaired) electrons. The molecule has 1 N–H and O–H groups in total. The molecule has 2 rings (SSSR count). The molecule has 0 aliphatic carbocycles. The van der Waals surface area contributed by atoms with E-state index in [4.69, 9.17) is 4.74 Å².